The number of benzene rings is 2. The van der Waals surface area contributed by atoms with E-state index in [1.807, 2.05) is 12.1 Å². The second kappa shape index (κ2) is 7.52. The van der Waals surface area contributed by atoms with Gasteiger partial charge >= 0.3 is 0 Å². The molecule has 1 aliphatic rings. The number of carbonyl (C=O) groups excluding carboxylic acids is 1. The van der Waals surface area contributed by atoms with E-state index in [-0.39, 0.29) is 11.9 Å². The summed E-state index contributed by atoms with van der Waals surface area (Å²) in [5.74, 6) is 0.0222. The Morgan fingerprint density at radius 1 is 1.17 bits per heavy atom. The number of anilines is 1. The topological polar surface area (TPSA) is 32.3 Å². The van der Waals surface area contributed by atoms with Crippen LogP contribution in [0.1, 0.15) is 48.2 Å². The van der Waals surface area contributed by atoms with Crippen molar-refractivity contribution >= 4 is 11.6 Å². The first-order chi connectivity index (χ1) is 11.7. The van der Waals surface area contributed by atoms with Gasteiger partial charge in [-0.2, -0.15) is 0 Å². The van der Waals surface area contributed by atoms with Gasteiger partial charge in [-0.15, -0.1) is 0 Å². The van der Waals surface area contributed by atoms with Gasteiger partial charge in [0.05, 0.1) is 0 Å². The molecule has 3 heteroatoms. The zero-order chi connectivity index (χ0) is 16.9. The van der Waals surface area contributed by atoms with Gasteiger partial charge in [0.1, 0.15) is 0 Å². The summed E-state index contributed by atoms with van der Waals surface area (Å²) in [4.78, 5) is 14.6. The maximum atomic E-state index is 12.2. The Hall–Kier alpha value is -2.29. The van der Waals surface area contributed by atoms with Crippen LogP contribution in [0.4, 0.5) is 5.69 Å². The van der Waals surface area contributed by atoms with Crippen LogP contribution in [0.5, 0.6) is 0 Å². The highest BCUT2D eigenvalue weighted by Gasteiger charge is 2.18. The summed E-state index contributed by atoms with van der Waals surface area (Å²) in [6, 6.07) is 16.8. The molecule has 1 unspecified atom stereocenters. The van der Waals surface area contributed by atoms with Crippen molar-refractivity contribution in [1.29, 1.82) is 0 Å². The van der Waals surface area contributed by atoms with Gasteiger partial charge in [-0.1, -0.05) is 43.7 Å². The molecule has 0 radical (unpaired) electrons. The molecule has 3 rings (SSSR count). The lowest BCUT2D eigenvalue weighted by molar-refractivity contribution is 0.0938. The van der Waals surface area contributed by atoms with E-state index in [0.29, 0.717) is 0 Å². The van der Waals surface area contributed by atoms with E-state index in [0.717, 1.165) is 37.9 Å². The van der Waals surface area contributed by atoms with Crippen LogP contribution in [-0.2, 0) is 13.0 Å². The zero-order valence-corrected chi connectivity index (χ0v) is 14.6. The van der Waals surface area contributed by atoms with Crippen LogP contribution >= 0.6 is 0 Å². The van der Waals surface area contributed by atoms with Crippen molar-refractivity contribution in [3.63, 3.8) is 0 Å². The van der Waals surface area contributed by atoms with E-state index in [2.05, 4.69) is 60.5 Å². The average molecular weight is 322 g/mol. The summed E-state index contributed by atoms with van der Waals surface area (Å²) in [5.41, 5.74) is 4.75. The molecular weight excluding hydrogens is 296 g/mol. The Morgan fingerprint density at radius 3 is 2.67 bits per heavy atom. The van der Waals surface area contributed by atoms with Gasteiger partial charge in [0.25, 0.3) is 5.91 Å². The van der Waals surface area contributed by atoms with Crippen LogP contribution in [0.15, 0.2) is 48.5 Å². The standard InChI is InChI=1S/C21H26N2O/c1-3-6-16(2)22-21(24)19-11-9-17(10-12-19)15-23-14-13-18-7-4-5-8-20(18)23/h4-5,7-12,16H,3,6,13-15H2,1-2H3,(H,22,24). The summed E-state index contributed by atoms with van der Waals surface area (Å²) >= 11 is 0. The molecule has 2 aromatic carbocycles. The monoisotopic (exact) mass is 322 g/mol. The minimum Gasteiger partial charge on any atom is -0.367 e. The van der Waals surface area contributed by atoms with Crippen LogP contribution in [-0.4, -0.2) is 18.5 Å². The van der Waals surface area contributed by atoms with Crippen LogP contribution < -0.4 is 10.2 Å². The van der Waals surface area contributed by atoms with Crippen LogP contribution in [0.25, 0.3) is 0 Å². The molecule has 0 saturated heterocycles. The molecule has 126 valence electrons. The predicted octanol–water partition coefficient (Wildman–Crippen LogP) is 4.17. The quantitative estimate of drug-likeness (QED) is 0.866. The van der Waals surface area contributed by atoms with Crippen molar-refractivity contribution in [3.05, 3.63) is 65.2 Å². The van der Waals surface area contributed by atoms with Crippen LogP contribution in [0.2, 0.25) is 0 Å². The first kappa shape index (κ1) is 16.6. The van der Waals surface area contributed by atoms with E-state index in [1.54, 1.807) is 0 Å². The molecular formula is C21H26N2O. The molecule has 0 fully saturated rings. The lowest BCUT2D eigenvalue weighted by Crippen LogP contribution is -2.32. The fourth-order valence-corrected chi connectivity index (χ4v) is 3.37. The average Bonchev–Trinajstić information content (AvgIpc) is 2.99. The summed E-state index contributed by atoms with van der Waals surface area (Å²) < 4.78 is 0. The zero-order valence-electron chi connectivity index (χ0n) is 14.6. The molecule has 0 bridgehead atoms. The highest BCUT2D eigenvalue weighted by Crippen LogP contribution is 2.28. The number of para-hydroxylation sites is 1. The molecule has 2 aromatic rings. The van der Waals surface area contributed by atoms with E-state index in [9.17, 15) is 4.79 Å². The summed E-state index contributed by atoms with van der Waals surface area (Å²) in [6.45, 7) is 6.15. The maximum Gasteiger partial charge on any atom is 0.251 e. The third kappa shape index (κ3) is 3.78. The summed E-state index contributed by atoms with van der Waals surface area (Å²) in [6.07, 6.45) is 3.21. The number of carbonyl (C=O) groups is 1. The van der Waals surface area contributed by atoms with E-state index in [4.69, 9.17) is 0 Å². The molecule has 0 spiro atoms. The number of nitrogens with zero attached hydrogens (tertiary/aromatic N) is 1. The number of nitrogens with one attached hydrogen (secondary N) is 1. The van der Waals surface area contributed by atoms with Crippen molar-refractivity contribution in [2.45, 2.75) is 45.7 Å². The van der Waals surface area contributed by atoms with Gasteiger partial charge in [0.2, 0.25) is 0 Å². The molecule has 1 N–H and O–H groups in total. The lowest BCUT2D eigenvalue weighted by atomic mass is 10.1. The normalized spacial score (nSPS) is 14.3. The fourth-order valence-electron chi connectivity index (χ4n) is 3.37. The Morgan fingerprint density at radius 2 is 1.92 bits per heavy atom. The highest BCUT2D eigenvalue weighted by atomic mass is 16.1. The first-order valence-electron chi connectivity index (χ1n) is 8.90. The third-order valence-electron chi connectivity index (χ3n) is 4.67. The van der Waals surface area contributed by atoms with Gasteiger partial charge in [-0.25, -0.2) is 0 Å². The smallest absolute Gasteiger partial charge is 0.251 e. The highest BCUT2D eigenvalue weighted by molar-refractivity contribution is 5.94. The van der Waals surface area contributed by atoms with Gasteiger partial charge in [0.15, 0.2) is 0 Å². The molecule has 1 amide bonds. The molecule has 3 nitrogen and oxygen atoms in total. The lowest BCUT2D eigenvalue weighted by Gasteiger charge is -2.19. The molecule has 24 heavy (non-hydrogen) atoms. The Bertz CT molecular complexity index is 693. The predicted molar refractivity (Wildman–Crippen MR) is 99.5 cm³/mol. The molecule has 1 aliphatic heterocycles. The summed E-state index contributed by atoms with van der Waals surface area (Å²) in [5, 5.41) is 3.05. The number of hydrogen-bond acceptors (Lipinski definition) is 2. The number of rotatable bonds is 6. The number of amides is 1. The van der Waals surface area contributed by atoms with Crippen molar-refractivity contribution in [2.24, 2.45) is 0 Å². The minimum absolute atomic E-state index is 0.0222. The fraction of sp³-hybridized carbons (Fsp3) is 0.381. The van der Waals surface area contributed by atoms with E-state index < -0.39 is 0 Å². The molecule has 0 aliphatic carbocycles. The van der Waals surface area contributed by atoms with Crippen molar-refractivity contribution in [1.82, 2.24) is 5.32 Å². The SMILES string of the molecule is CCCC(C)NC(=O)c1ccc(CN2CCc3ccccc32)cc1. The number of hydrogen-bond donors (Lipinski definition) is 1. The van der Waals surface area contributed by atoms with E-state index >= 15 is 0 Å². The Balaban J connectivity index is 1.62. The van der Waals surface area contributed by atoms with Crippen LogP contribution in [0.3, 0.4) is 0 Å². The third-order valence-corrected chi connectivity index (χ3v) is 4.67. The Kier molecular flexibility index (Phi) is 5.19. The van der Waals surface area contributed by atoms with Gasteiger partial charge in [-0.05, 0) is 49.1 Å². The van der Waals surface area contributed by atoms with Crippen molar-refractivity contribution in [2.75, 3.05) is 11.4 Å². The minimum atomic E-state index is 0.0222. The van der Waals surface area contributed by atoms with Gasteiger partial charge in [0, 0.05) is 30.4 Å². The molecule has 0 saturated carbocycles. The second-order valence-electron chi connectivity index (χ2n) is 6.66. The maximum absolute atomic E-state index is 12.2. The van der Waals surface area contributed by atoms with Crippen molar-refractivity contribution in [3.8, 4) is 0 Å². The Labute approximate surface area is 144 Å². The largest absolute Gasteiger partial charge is 0.367 e. The molecule has 1 heterocycles. The second-order valence-corrected chi connectivity index (χ2v) is 6.66. The van der Waals surface area contributed by atoms with Gasteiger partial charge in [-0.3, -0.25) is 4.79 Å². The van der Waals surface area contributed by atoms with Crippen LogP contribution in [0, 0.1) is 0 Å². The van der Waals surface area contributed by atoms with Gasteiger partial charge < -0.3 is 10.2 Å². The first-order valence-corrected chi connectivity index (χ1v) is 8.90. The summed E-state index contributed by atoms with van der Waals surface area (Å²) in [7, 11) is 0. The molecule has 0 aromatic heterocycles. The molecule has 1 atom stereocenters. The number of fused-ring (bicyclic) bond motifs is 1. The van der Waals surface area contributed by atoms with Crippen molar-refractivity contribution < 1.29 is 4.79 Å². The van der Waals surface area contributed by atoms with E-state index in [1.165, 1.54) is 16.8 Å².